The number of nitrogens with two attached hydrogens (primary N) is 1. The Morgan fingerprint density at radius 1 is 1.22 bits per heavy atom. The van der Waals surface area contributed by atoms with E-state index >= 15 is 0 Å². The van der Waals surface area contributed by atoms with E-state index in [0.717, 1.165) is 16.7 Å². The molecule has 0 radical (unpaired) electrons. The molecule has 2 aromatic carbocycles. The summed E-state index contributed by atoms with van der Waals surface area (Å²) in [6, 6.07) is 13.1. The van der Waals surface area contributed by atoms with Gasteiger partial charge in [-0.25, -0.2) is 9.78 Å². The third-order valence-electron chi connectivity index (χ3n) is 3.35. The Morgan fingerprint density at radius 3 is 2.74 bits per heavy atom. The molecule has 1 heterocycles. The molecular weight excluding hydrogens is 294 g/mol. The van der Waals surface area contributed by atoms with Gasteiger partial charge in [0.2, 0.25) is 0 Å². The van der Waals surface area contributed by atoms with Crippen LogP contribution in [-0.2, 0) is 9.53 Å². The van der Waals surface area contributed by atoms with Crippen LogP contribution in [0.1, 0.15) is 6.92 Å². The van der Waals surface area contributed by atoms with Crippen LogP contribution in [0.4, 0.5) is 5.69 Å². The number of aromatic nitrogens is 2. The van der Waals surface area contributed by atoms with Gasteiger partial charge in [-0.2, -0.15) is 0 Å². The number of imidazole rings is 1. The number of nitrogens with zero attached hydrogens (tertiary/aromatic N) is 2. The highest BCUT2D eigenvalue weighted by Crippen LogP contribution is 2.23. The van der Waals surface area contributed by atoms with Crippen LogP contribution in [-0.4, -0.2) is 28.7 Å². The van der Waals surface area contributed by atoms with Crippen molar-refractivity contribution in [3.05, 3.63) is 48.8 Å². The lowest BCUT2D eigenvalue weighted by Gasteiger charge is -2.07. The van der Waals surface area contributed by atoms with Gasteiger partial charge in [0.1, 0.15) is 12.1 Å². The Bertz CT molecular complexity index is 825. The van der Waals surface area contributed by atoms with E-state index in [1.165, 1.54) is 0 Å². The summed E-state index contributed by atoms with van der Waals surface area (Å²) >= 11 is 0. The number of carbonyl (C=O) groups excluding carboxylic acids is 1. The first kappa shape index (κ1) is 14.9. The van der Waals surface area contributed by atoms with Gasteiger partial charge < -0.3 is 15.2 Å². The van der Waals surface area contributed by atoms with Crippen molar-refractivity contribution in [2.75, 3.05) is 18.9 Å². The summed E-state index contributed by atoms with van der Waals surface area (Å²) in [5, 5.41) is 0. The highest BCUT2D eigenvalue weighted by Gasteiger charge is 2.08. The van der Waals surface area contributed by atoms with Crippen molar-refractivity contribution in [2.45, 2.75) is 6.92 Å². The Kier molecular flexibility index (Phi) is 4.14. The molecule has 23 heavy (non-hydrogen) atoms. The van der Waals surface area contributed by atoms with Crippen molar-refractivity contribution in [3.8, 4) is 11.4 Å². The van der Waals surface area contributed by atoms with Crippen LogP contribution in [0.2, 0.25) is 0 Å². The lowest BCUT2D eigenvalue weighted by molar-refractivity contribution is -0.145. The monoisotopic (exact) mass is 311 g/mol. The summed E-state index contributed by atoms with van der Waals surface area (Å²) < 4.78 is 12.2. The molecule has 1 aromatic heterocycles. The van der Waals surface area contributed by atoms with E-state index in [0.29, 0.717) is 18.0 Å². The molecule has 0 aliphatic rings. The summed E-state index contributed by atoms with van der Waals surface area (Å²) in [4.78, 5) is 15.7. The van der Waals surface area contributed by atoms with Crippen molar-refractivity contribution >= 4 is 22.7 Å². The number of fused-ring (bicyclic) bond motifs is 1. The smallest absolute Gasteiger partial charge is 0.344 e. The second-order valence-corrected chi connectivity index (χ2v) is 4.95. The molecule has 2 N–H and O–H groups in total. The number of benzene rings is 2. The van der Waals surface area contributed by atoms with Crippen LogP contribution in [0.5, 0.6) is 5.75 Å². The SMILES string of the molecule is CCOC(=O)COc1ccc2c(c1)ncn2-c1ccc(N)cc1. The van der Waals surface area contributed by atoms with Crippen molar-refractivity contribution < 1.29 is 14.3 Å². The van der Waals surface area contributed by atoms with Crippen LogP contribution < -0.4 is 10.5 Å². The zero-order chi connectivity index (χ0) is 16.2. The maximum absolute atomic E-state index is 11.3. The first-order chi connectivity index (χ1) is 11.2. The number of rotatable bonds is 5. The lowest BCUT2D eigenvalue weighted by atomic mass is 10.2. The number of hydrogen-bond acceptors (Lipinski definition) is 5. The highest BCUT2D eigenvalue weighted by atomic mass is 16.6. The average molecular weight is 311 g/mol. The topological polar surface area (TPSA) is 79.4 Å². The summed E-state index contributed by atoms with van der Waals surface area (Å²) in [7, 11) is 0. The van der Waals surface area contributed by atoms with Crippen molar-refractivity contribution in [3.63, 3.8) is 0 Å². The van der Waals surface area contributed by atoms with E-state index in [1.807, 2.05) is 34.9 Å². The standard InChI is InChI=1S/C17H17N3O3/c1-2-22-17(21)10-23-14-7-8-16-15(9-14)19-11-20(16)13-5-3-12(18)4-6-13/h3-9,11H,2,10,18H2,1H3. The van der Waals surface area contributed by atoms with E-state index in [4.69, 9.17) is 15.2 Å². The van der Waals surface area contributed by atoms with Crippen LogP contribution in [0.25, 0.3) is 16.7 Å². The molecule has 0 aliphatic heterocycles. The molecule has 6 heteroatoms. The lowest BCUT2D eigenvalue weighted by Crippen LogP contribution is -2.14. The second kappa shape index (κ2) is 6.39. The quantitative estimate of drug-likeness (QED) is 0.578. The number of ether oxygens (including phenoxy) is 2. The molecule has 118 valence electrons. The number of anilines is 1. The maximum Gasteiger partial charge on any atom is 0.344 e. The average Bonchev–Trinajstić information content (AvgIpc) is 2.97. The van der Waals surface area contributed by atoms with E-state index in [2.05, 4.69) is 4.98 Å². The molecule has 3 rings (SSSR count). The number of hydrogen-bond donors (Lipinski definition) is 1. The third-order valence-corrected chi connectivity index (χ3v) is 3.35. The molecule has 0 spiro atoms. The second-order valence-electron chi connectivity index (χ2n) is 4.95. The van der Waals surface area contributed by atoms with Crippen LogP contribution in [0.15, 0.2) is 48.8 Å². The van der Waals surface area contributed by atoms with E-state index < -0.39 is 0 Å². The van der Waals surface area contributed by atoms with Gasteiger partial charge in [-0.3, -0.25) is 4.57 Å². The van der Waals surface area contributed by atoms with Crippen LogP contribution in [0, 0.1) is 0 Å². The predicted octanol–water partition coefficient (Wildman–Crippen LogP) is 2.55. The minimum absolute atomic E-state index is 0.113. The van der Waals surface area contributed by atoms with Crippen molar-refractivity contribution in [2.24, 2.45) is 0 Å². The summed E-state index contributed by atoms with van der Waals surface area (Å²) in [6.07, 6.45) is 1.74. The molecule has 3 aromatic rings. The molecule has 6 nitrogen and oxygen atoms in total. The summed E-state index contributed by atoms with van der Waals surface area (Å²) in [5.41, 5.74) is 9.13. The minimum atomic E-state index is -0.389. The fraction of sp³-hybridized carbons (Fsp3) is 0.176. The van der Waals surface area contributed by atoms with Gasteiger partial charge in [0.25, 0.3) is 0 Å². The Labute approximate surface area is 133 Å². The predicted molar refractivity (Wildman–Crippen MR) is 87.6 cm³/mol. The minimum Gasteiger partial charge on any atom is -0.482 e. The fourth-order valence-corrected chi connectivity index (χ4v) is 2.27. The van der Waals surface area contributed by atoms with Crippen LogP contribution in [0.3, 0.4) is 0 Å². The van der Waals surface area contributed by atoms with Gasteiger partial charge in [-0.1, -0.05) is 0 Å². The van der Waals surface area contributed by atoms with Gasteiger partial charge in [-0.15, -0.1) is 0 Å². The summed E-state index contributed by atoms with van der Waals surface area (Å²) in [6.45, 7) is 1.99. The van der Waals surface area contributed by atoms with Gasteiger partial charge >= 0.3 is 5.97 Å². The largest absolute Gasteiger partial charge is 0.482 e. The van der Waals surface area contributed by atoms with Gasteiger partial charge in [0.15, 0.2) is 6.61 Å². The number of nitrogen functional groups attached to an aromatic ring is 1. The molecule has 0 saturated carbocycles. The molecule has 0 unspecified atom stereocenters. The maximum atomic E-state index is 11.3. The highest BCUT2D eigenvalue weighted by molar-refractivity contribution is 5.79. The van der Waals surface area contributed by atoms with E-state index in [-0.39, 0.29) is 12.6 Å². The Balaban J connectivity index is 1.82. The molecule has 0 fully saturated rings. The van der Waals surface area contributed by atoms with E-state index in [9.17, 15) is 4.79 Å². The van der Waals surface area contributed by atoms with Gasteiger partial charge in [-0.05, 0) is 43.3 Å². The molecule has 0 atom stereocenters. The number of carbonyl (C=O) groups is 1. The molecule has 0 aliphatic carbocycles. The first-order valence-corrected chi connectivity index (χ1v) is 7.29. The summed E-state index contributed by atoms with van der Waals surface area (Å²) in [5.74, 6) is 0.188. The zero-order valence-electron chi connectivity index (χ0n) is 12.7. The first-order valence-electron chi connectivity index (χ1n) is 7.29. The zero-order valence-corrected chi connectivity index (χ0v) is 12.7. The van der Waals surface area contributed by atoms with Crippen molar-refractivity contribution in [1.29, 1.82) is 0 Å². The molecule has 0 saturated heterocycles. The van der Waals surface area contributed by atoms with Gasteiger partial charge in [0, 0.05) is 17.4 Å². The van der Waals surface area contributed by atoms with Gasteiger partial charge in [0.05, 0.1) is 17.6 Å². The van der Waals surface area contributed by atoms with Crippen LogP contribution >= 0.6 is 0 Å². The normalized spacial score (nSPS) is 10.7. The fourth-order valence-electron chi connectivity index (χ4n) is 2.27. The molecule has 0 bridgehead atoms. The molecular formula is C17H17N3O3. The van der Waals surface area contributed by atoms with E-state index in [1.54, 1.807) is 25.4 Å². The number of esters is 1. The Morgan fingerprint density at radius 2 is 2.00 bits per heavy atom. The Hall–Kier alpha value is -3.02. The molecule has 0 amide bonds. The van der Waals surface area contributed by atoms with Crippen molar-refractivity contribution in [1.82, 2.24) is 9.55 Å². The third kappa shape index (κ3) is 3.26.